The van der Waals surface area contributed by atoms with Crippen molar-refractivity contribution in [2.24, 2.45) is 0 Å². The highest BCUT2D eigenvalue weighted by molar-refractivity contribution is 7.85. The predicted octanol–water partition coefficient (Wildman–Crippen LogP) is 1.73. The van der Waals surface area contributed by atoms with Crippen LogP contribution in [0.1, 0.15) is 0 Å². The van der Waals surface area contributed by atoms with Gasteiger partial charge in [-0.1, -0.05) is 36.4 Å². The zero-order valence-corrected chi connectivity index (χ0v) is 25.1. The quantitative estimate of drug-likeness (QED) is 0.300. The van der Waals surface area contributed by atoms with Gasteiger partial charge in [-0.2, -0.15) is 0 Å². The molecule has 0 saturated carbocycles. The highest BCUT2D eigenvalue weighted by Gasteiger charge is 2.38. The fraction of sp³-hybridized carbons (Fsp3) is 0.300. The van der Waals surface area contributed by atoms with Crippen LogP contribution in [0.5, 0.6) is 17.2 Å². The van der Waals surface area contributed by atoms with E-state index in [0.717, 1.165) is 0 Å². The molecule has 10 nitrogen and oxygen atoms in total. The first kappa shape index (κ1) is 31.2. The maximum atomic E-state index is 15.7. The van der Waals surface area contributed by atoms with E-state index in [2.05, 4.69) is 0 Å². The molecule has 3 aromatic carbocycles. The number of nitrogens with zero attached hydrogens (tertiary/aromatic N) is 3. The number of ether oxygens (including phenoxy) is 3. The van der Waals surface area contributed by atoms with E-state index in [4.69, 9.17) is 14.2 Å². The second kappa shape index (κ2) is 13.9. The number of carbonyl (C=O) groups excluding carboxylic acids is 3. The molecule has 0 bridgehead atoms. The Labute approximate surface area is 240 Å². The highest BCUT2D eigenvalue weighted by Crippen LogP contribution is 2.49. The average molecular weight is 582 g/mol. The summed E-state index contributed by atoms with van der Waals surface area (Å²) in [6.07, 6.45) is 0. The van der Waals surface area contributed by atoms with Gasteiger partial charge < -0.3 is 33.5 Å². The molecule has 41 heavy (non-hydrogen) atoms. The third-order valence-electron chi connectivity index (χ3n) is 6.16. The molecule has 0 fully saturated rings. The minimum Gasteiger partial charge on any atom is -0.483 e. The zero-order valence-electron chi connectivity index (χ0n) is 24.2. The molecule has 0 atom stereocenters. The fourth-order valence-corrected chi connectivity index (χ4v) is 6.73. The van der Waals surface area contributed by atoms with Crippen LogP contribution >= 0.6 is 7.14 Å². The molecule has 0 spiro atoms. The van der Waals surface area contributed by atoms with Crippen LogP contribution in [0.4, 0.5) is 0 Å². The molecule has 11 heteroatoms. The van der Waals surface area contributed by atoms with Gasteiger partial charge in [0.15, 0.2) is 27.0 Å². The van der Waals surface area contributed by atoms with Crippen molar-refractivity contribution in [1.82, 2.24) is 14.7 Å². The Morgan fingerprint density at radius 3 is 1.00 bits per heavy atom. The van der Waals surface area contributed by atoms with Gasteiger partial charge in [-0.3, -0.25) is 14.4 Å². The minimum absolute atomic E-state index is 0.240. The molecule has 0 heterocycles. The van der Waals surface area contributed by atoms with Gasteiger partial charge in [0.1, 0.15) is 17.2 Å². The molecular formula is C30H36N3O7P. The van der Waals surface area contributed by atoms with Gasteiger partial charge >= 0.3 is 0 Å². The highest BCUT2D eigenvalue weighted by atomic mass is 31.2. The molecule has 0 aliphatic carbocycles. The maximum absolute atomic E-state index is 15.7. The summed E-state index contributed by atoms with van der Waals surface area (Å²) in [6.45, 7) is -0.807. The molecule has 218 valence electrons. The summed E-state index contributed by atoms with van der Waals surface area (Å²) in [5.74, 6) is -0.0948. The molecule has 0 aliphatic heterocycles. The van der Waals surface area contributed by atoms with Gasteiger partial charge in [-0.15, -0.1) is 0 Å². The van der Waals surface area contributed by atoms with E-state index in [9.17, 15) is 14.4 Å². The number of likely N-dealkylation sites (N-methyl/N-ethyl adjacent to an activating group) is 3. The Morgan fingerprint density at radius 1 is 0.512 bits per heavy atom. The summed E-state index contributed by atoms with van der Waals surface area (Å²) in [7, 11) is 5.82. The van der Waals surface area contributed by atoms with Crippen LogP contribution in [0.15, 0.2) is 72.8 Å². The van der Waals surface area contributed by atoms with Gasteiger partial charge in [-0.25, -0.2) is 0 Å². The lowest BCUT2D eigenvalue weighted by molar-refractivity contribution is -0.131. The first-order valence-electron chi connectivity index (χ1n) is 12.8. The van der Waals surface area contributed by atoms with E-state index >= 15 is 4.57 Å². The molecule has 0 saturated heterocycles. The number of rotatable bonds is 12. The summed E-state index contributed by atoms with van der Waals surface area (Å²) in [6, 6.07) is 20.3. The first-order valence-corrected chi connectivity index (χ1v) is 14.5. The molecule has 0 aliphatic rings. The van der Waals surface area contributed by atoms with Crippen LogP contribution in [0.3, 0.4) is 0 Å². The zero-order chi connectivity index (χ0) is 30.2. The van der Waals surface area contributed by atoms with Gasteiger partial charge in [0, 0.05) is 42.3 Å². The lowest BCUT2D eigenvalue weighted by Crippen LogP contribution is -2.33. The number of hydrogen-bond acceptors (Lipinski definition) is 7. The lowest BCUT2D eigenvalue weighted by atomic mass is 10.3. The Morgan fingerprint density at radius 2 is 0.756 bits per heavy atom. The Balaban J connectivity index is 2.24. The Kier molecular flexibility index (Phi) is 10.6. The minimum atomic E-state index is -3.89. The van der Waals surface area contributed by atoms with Crippen molar-refractivity contribution in [2.75, 3.05) is 62.1 Å². The van der Waals surface area contributed by atoms with Crippen molar-refractivity contribution in [1.29, 1.82) is 0 Å². The molecular weight excluding hydrogens is 545 g/mol. The average Bonchev–Trinajstić information content (AvgIpc) is 2.97. The number of carbonyl (C=O) groups is 3. The van der Waals surface area contributed by atoms with Gasteiger partial charge in [0.2, 0.25) is 0 Å². The van der Waals surface area contributed by atoms with Crippen LogP contribution in [-0.2, 0) is 18.9 Å². The number of hydrogen-bond donors (Lipinski definition) is 0. The van der Waals surface area contributed by atoms with Gasteiger partial charge in [-0.05, 0) is 36.4 Å². The summed E-state index contributed by atoms with van der Waals surface area (Å²) >= 11 is 0. The summed E-state index contributed by atoms with van der Waals surface area (Å²) in [5, 5.41) is 0.907. The third-order valence-corrected chi connectivity index (χ3v) is 9.31. The SMILES string of the molecule is CN(C)C(=O)COc1ccccc1P(=O)(c1ccccc1OCC(=O)N(C)C)c1ccccc1OCC(=O)N(C)C. The molecule has 3 amide bonds. The van der Waals surface area contributed by atoms with E-state index in [1.807, 2.05) is 0 Å². The van der Waals surface area contributed by atoms with Crippen molar-refractivity contribution < 1.29 is 33.2 Å². The molecule has 0 radical (unpaired) electrons. The van der Waals surface area contributed by atoms with Crippen molar-refractivity contribution in [3.05, 3.63) is 72.8 Å². The lowest BCUT2D eigenvalue weighted by Gasteiger charge is -2.26. The monoisotopic (exact) mass is 581 g/mol. The standard InChI is InChI=1S/C30H36N3O7P/c1-31(2)28(34)19-38-22-13-7-10-16-25(22)41(37,26-17-11-8-14-23(26)39-20-29(35)32(3)4)27-18-12-9-15-24(27)40-21-30(36)33(5)6/h7-18H,19-21H2,1-6H3. The molecule has 0 aromatic heterocycles. The summed E-state index contributed by atoms with van der Waals surface area (Å²) < 4.78 is 33.5. The first-order chi connectivity index (χ1) is 19.5. The van der Waals surface area contributed by atoms with Crippen LogP contribution in [0.2, 0.25) is 0 Å². The largest absolute Gasteiger partial charge is 0.483 e. The Bertz CT molecular complexity index is 1270. The second-order valence-electron chi connectivity index (χ2n) is 9.74. The molecule has 3 rings (SSSR count). The summed E-state index contributed by atoms with van der Waals surface area (Å²) in [4.78, 5) is 41.3. The normalized spacial score (nSPS) is 10.9. The maximum Gasteiger partial charge on any atom is 0.259 e. The predicted molar refractivity (Wildman–Crippen MR) is 158 cm³/mol. The smallest absolute Gasteiger partial charge is 0.259 e. The van der Waals surface area contributed by atoms with E-state index in [1.54, 1.807) is 115 Å². The van der Waals surface area contributed by atoms with E-state index in [-0.39, 0.29) is 54.8 Å². The van der Waals surface area contributed by atoms with Crippen LogP contribution in [0.25, 0.3) is 0 Å². The summed E-state index contributed by atoms with van der Waals surface area (Å²) in [5.41, 5.74) is 0. The molecule has 3 aromatic rings. The fourth-order valence-electron chi connectivity index (χ4n) is 3.71. The molecule has 0 N–H and O–H groups in total. The van der Waals surface area contributed by atoms with Crippen LogP contribution in [-0.4, -0.2) is 94.5 Å². The van der Waals surface area contributed by atoms with E-state index in [0.29, 0.717) is 15.9 Å². The van der Waals surface area contributed by atoms with E-state index < -0.39 is 7.14 Å². The van der Waals surface area contributed by atoms with Crippen molar-refractivity contribution in [3.8, 4) is 17.2 Å². The van der Waals surface area contributed by atoms with Gasteiger partial charge in [0.25, 0.3) is 17.7 Å². The van der Waals surface area contributed by atoms with Crippen molar-refractivity contribution >= 4 is 40.8 Å². The molecule has 0 unspecified atom stereocenters. The number of para-hydroxylation sites is 3. The van der Waals surface area contributed by atoms with Gasteiger partial charge in [0.05, 0.1) is 15.9 Å². The van der Waals surface area contributed by atoms with Crippen LogP contribution < -0.4 is 30.1 Å². The van der Waals surface area contributed by atoms with Crippen molar-refractivity contribution in [3.63, 3.8) is 0 Å². The van der Waals surface area contributed by atoms with Crippen molar-refractivity contribution in [2.45, 2.75) is 0 Å². The van der Waals surface area contributed by atoms with Crippen LogP contribution in [0, 0.1) is 0 Å². The number of amides is 3. The second-order valence-corrected chi connectivity index (χ2v) is 12.4. The third kappa shape index (κ3) is 7.46. The van der Waals surface area contributed by atoms with E-state index in [1.165, 1.54) is 14.7 Å². The topological polar surface area (TPSA) is 106 Å². The number of benzene rings is 3. The Hall–Kier alpha value is -4.30.